The van der Waals surface area contributed by atoms with E-state index in [0.717, 1.165) is 118 Å². The third kappa shape index (κ3) is 31.4. The summed E-state index contributed by atoms with van der Waals surface area (Å²) in [4.78, 5) is 0. The number of fused-ring (bicyclic) bond motifs is 5. The van der Waals surface area contributed by atoms with Crippen molar-refractivity contribution in [1.29, 1.82) is 0 Å². The van der Waals surface area contributed by atoms with Gasteiger partial charge in [0.2, 0.25) is 0 Å². The molecule has 0 N–H and O–H groups in total. The third-order valence-corrected chi connectivity index (χ3v) is 28.4. The normalized spacial score (nSPS) is 25.1. The van der Waals surface area contributed by atoms with Crippen molar-refractivity contribution in [3.63, 3.8) is 0 Å². The average molecular weight is 1960 g/mol. The fraction of sp³-hybridized carbons (Fsp3) is 0.528. The number of ether oxygens (including phenoxy) is 16. The van der Waals surface area contributed by atoms with Gasteiger partial charge < -0.3 is 75.8 Å². The highest BCUT2D eigenvalue weighted by molar-refractivity contribution is 5.64. The second-order valence-electron chi connectivity index (χ2n) is 40.4. The summed E-state index contributed by atoms with van der Waals surface area (Å²) in [5.41, 5.74) is 17.1. The Balaban J connectivity index is 0.000000167. The molecule has 8 aliphatic heterocycles. The maximum atomic E-state index is 6.10. The summed E-state index contributed by atoms with van der Waals surface area (Å²) in [5, 5.41) is 0. The minimum Gasteiger partial charge on any atom is -0.491 e. The second kappa shape index (κ2) is 54.1. The lowest BCUT2D eigenvalue weighted by molar-refractivity contribution is 0.0198. The van der Waals surface area contributed by atoms with Crippen LogP contribution < -0.4 is 37.9 Å². The van der Waals surface area contributed by atoms with Gasteiger partial charge in [0.25, 0.3) is 0 Å². The Labute approximate surface area is 860 Å². The van der Waals surface area contributed by atoms with Crippen LogP contribution in [0.25, 0.3) is 0 Å². The van der Waals surface area contributed by atoms with Crippen molar-refractivity contribution in [2.45, 2.75) is 306 Å². The first-order valence-corrected chi connectivity index (χ1v) is 54.1. The van der Waals surface area contributed by atoms with Crippen LogP contribution in [0.1, 0.15) is 283 Å². The van der Waals surface area contributed by atoms with Crippen LogP contribution in [0.15, 0.2) is 237 Å². The molecule has 4 bridgehead atoms. The SMILES string of the molecule is C.C1C2CC3CC1CC(C2)C3.CC.CC.CC.CC.CC.CC.CC.CC(c1ccccc1)(c1ccc(OCC2CO2)cc1)c1ccc(OCC2CO2)cc1.CC1(C)CC(c2ccc(OCC3CO3)cc2)(c2ccc(OCC3CO3)cc2)c2ccccc21.CC1(C)CC2(CC(C)(C)c3ccc(OCC4CO4)cc32)c2cc(OCC3CO3)ccc21.Cc1ccc(OCC2CO2)cc1.Cc1ccc(OCC2CO2)cc1. The van der Waals surface area contributed by atoms with Gasteiger partial charge in [0.1, 0.15) is 148 Å². The molecule has 8 heterocycles. The number of epoxide rings is 8. The van der Waals surface area contributed by atoms with E-state index in [1.54, 1.807) is 38.5 Å². The molecule has 0 amide bonds. The molecule has 12 fully saturated rings. The molecule has 4 saturated carbocycles. The first-order chi connectivity index (χ1) is 69.1. The molecule has 1 spiro atoms. The summed E-state index contributed by atoms with van der Waals surface area (Å²) in [5.74, 6) is 12.0. The molecule has 7 aliphatic carbocycles. The van der Waals surface area contributed by atoms with E-state index in [2.05, 4.69) is 226 Å². The maximum Gasteiger partial charge on any atom is 0.119 e. The summed E-state index contributed by atoms with van der Waals surface area (Å²) in [7, 11) is 0. The molecular formula is C127H174O16. The van der Waals surface area contributed by atoms with Gasteiger partial charge in [-0.15, -0.1) is 0 Å². The second-order valence-corrected chi connectivity index (χ2v) is 40.4. The Morgan fingerprint density at radius 2 is 0.455 bits per heavy atom. The molecule has 143 heavy (non-hydrogen) atoms. The van der Waals surface area contributed by atoms with E-state index in [0.29, 0.717) is 65.1 Å². The molecule has 16 nitrogen and oxygen atoms in total. The number of aryl methyl sites for hydroxylation is 2. The average Bonchev–Trinajstić information content (AvgIpc) is 1.52. The Kier molecular flexibility index (Phi) is 43.0. The first kappa shape index (κ1) is 114. The fourth-order valence-electron chi connectivity index (χ4n) is 21.3. The van der Waals surface area contributed by atoms with Crippen molar-refractivity contribution in [3.8, 4) is 46.0 Å². The van der Waals surface area contributed by atoms with Crippen LogP contribution in [-0.4, -0.2) is 155 Å². The van der Waals surface area contributed by atoms with Gasteiger partial charge in [-0.05, 0) is 277 Å². The quantitative estimate of drug-likeness (QED) is 0.0320. The van der Waals surface area contributed by atoms with Crippen molar-refractivity contribution >= 4 is 0 Å². The molecule has 10 aromatic carbocycles. The standard InChI is InChI=1S/C29H30O4.C27H32O4.C26H26O4.2C10H12O2.C10H16.7C2H6.CH4/c1-28(2)19-29(27-6-4-3-5-26(27)28,20-7-11-22(12-8-20)30-15-24-17-32-24)21-9-13-23(14-10-21)31-16-25-18-33-25;1-25(2)15-27(23-9-17(5-7-21(23)25)28-11-19-13-30-19)16-26(3,4)22-8-6-18(10-24(22)27)29-12-20-14-31-20;1-26(19-5-3-2-4-6-19,20-7-11-22(12-8-20)27-15-24-17-29-24)21-9-13-23(14-10-21)28-16-25-18-30-25;2*1-8-2-4-9(5-3-8)11-6-10-7-12-10;1-7-2-9-4-8(1)5-10(3-7)6-9;7*1-2;/h3-14,24-25H,15-19H2,1-2H3;5-10,19-20H,11-16H2,1-4H3;2-14,24-25H,15-18H2,1H3;2*2-5,10H,6-7H2,1H3;7-10H,1-6H2;7*1-2H3;1H4. The van der Waals surface area contributed by atoms with Gasteiger partial charge in [0.15, 0.2) is 0 Å². The van der Waals surface area contributed by atoms with Crippen LogP contribution in [0.2, 0.25) is 0 Å². The molecule has 8 saturated heterocycles. The van der Waals surface area contributed by atoms with Crippen molar-refractivity contribution < 1.29 is 75.8 Å². The predicted molar refractivity (Wildman–Crippen MR) is 583 cm³/mol. The minimum absolute atomic E-state index is 0. The van der Waals surface area contributed by atoms with Gasteiger partial charge in [-0.25, -0.2) is 0 Å². The van der Waals surface area contributed by atoms with E-state index >= 15 is 0 Å². The molecule has 778 valence electrons. The largest absolute Gasteiger partial charge is 0.491 e. The van der Waals surface area contributed by atoms with Gasteiger partial charge in [-0.3, -0.25) is 0 Å². The zero-order valence-electron chi connectivity index (χ0n) is 90.2. The summed E-state index contributed by atoms with van der Waals surface area (Å²) >= 11 is 0. The van der Waals surface area contributed by atoms with Gasteiger partial charge in [-0.2, -0.15) is 0 Å². The van der Waals surface area contributed by atoms with Crippen LogP contribution in [0, 0.1) is 37.5 Å². The summed E-state index contributed by atoms with van der Waals surface area (Å²) < 4.78 is 88.3. The van der Waals surface area contributed by atoms with E-state index in [4.69, 9.17) is 75.8 Å². The highest BCUT2D eigenvalue weighted by atomic mass is 16.6. The Morgan fingerprint density at radius 3 is 0.720 bits per heavy atom. The Morgan fingerprint density at radius 1 is 0.245 bits per heavy atom. The van der Waals surface area contributed by atoms with Crippen LogP contribution in [0.5, 0.6) is 46.0 Å². The monoisotopic (exact) mass is 1960 g/mol. The van der Waals surface area contributed by atoms with Gasteiger partial charge >= 0.3 is 0 Å². The lowest BCUT2D eigenvalue weighted by atomic mass is 9.56. The van der Waals surface area contributed by atoms with E-state index < -0.39 is 0 Å². The van der Waals surface area contributed by atoms with Gasteiger partial charge in [0, 0.05) is 16.2 Å². The van der Waals surface area contributed by atoms with E-state index in [-0.39, 0.29) is 76.5 Å². The lowest BCUT2D eigenvalue weighted by Gasteiger charge is -2.49. The topological polar surface area (TPSA) is 174 Å². The lowest BCUT2D eigenvalue weighted by Crippen LogP contribution is -2.38. The molecule has 15 aliphatic rings. The van der Waals surface area contributed by atoms with E-state index in [9.17, 15) is 0 Å². The summed E-state index contributed by atoms with van der Waals surface area (Å²) in [6.07, 6.45) is 15.1. The summed E-state index contributed by atoms with van der Waals surface area (Å²) in [6.45, 7) is 60.3. The maximum absolute atomic E-state index is 6.10. The molecular weight excluding hydrogens is 1780 g/mol. The van der Waals surface area contributed by atoms with Crippen molar-refractivity contribution in [3.05, 3.63) is 309 Å². The van der Waals surface area contributed by atoms with Crippen molar-refractivity contribution in [2.75, 3.05) is 106 Å². The Bertz CT molecular complexity index is 5010. The van der Waals surface area contributed by atoms with Gasteiger partial charge in [0.05, 0.1) is 52.9 Å². The number of benzene rings is 10. The van der Waals surface area contributed by atoms with Crippen LogP contribution in [0.3, 0.4) is 0 Å². The molecule has 16 heteroatoms. The van der Waals surface area contributed by atoms with E-state index in [1.807, 2.05) is 170 Å². The molecule has 8 unspecified atom stereocenters. The molecule has 10 aromatic rings. The summed E-state index contributed by atoms with van der Waals surface area (Å²) in [6, 6.07) is 83.2. The van der Waals surface area contributed by atoms with Crippen LogP contribution in [0.4, 0.5) is 0 Å². The third-order valence-electron chi connectivity index (χ3n) is 28.4. The van der Waals surface area contributed by atoms with Crippen molar-refractivity contribution in [2.24, 2.45) is 23.7 Å². The fourth-order valence-corrected chi connectivity index (χ4v) is 21.3. The zero-order valence-corrected chi connectivity index (χ0v) is 90.2. The van der Waals surface area contributed by atoms with Gasteiger partial charge in [-0.1, -0.05) is 297 Å². The number of hydrogen-bond donors (Lipinski definition) is 0. The smallest absolute Gasteiger partial charge is 0.119 e. The highest BCUT2D eigenvalue weighted by Crippen LogP contribution is 2.64. The molecule has 0 aromatic heterocycles. The predicted octanol–water partition coefficient (Wildman–Crippen LogP) is 28.9. The Hall–Kier alpha value is -9.72. The molecule has 8 atom stereocenters. The minimum atomic E-state index is -0.294. The van der Waals surface area contributed by atoms with Crippen LogP contribution >= 0.6 is 0 Å². The van der Waals surface area contributed by atoms with Crippen LogP contribution in [-0.2, 0) is 70.4 Å². The number of rotatable bonds is 29. The molecule has 25 rings (SSSR count). The zero-order chi connectivity index (χ0) is 102. The first-order valence-electron chi connectivity index (χ1n) is 54.1. The number of hydrogen-bond acceptors (Lipinski definition) is 16. The highest BCUT2D eigenvalue weighted by Gasteiger charge is 2.57. The molecule has 0 radical (unpaired) electrons. The van der Waals surface area contributed by atoms with Crippen molar-refractivity contribution in [1.82, 2.24) is 0 Å². The van der Waals surface area contributed by atoms with E-state index in [1.165, 1.54) is 96.0 Å².